The van der Waals surface area contributed by atoms with Gasteiger partial charge in [0.2, 0.25) is 5.91 Å². The molecular formula is C18H21ClFN3O2S. The molecule has 0 bridgehead atoms. The molecule has 2 amide bonds. The number of carbonyl (C=O) groups excluding carboxylic acids is 2. The minimum absolute atomic E-state index is 0. The molecule has 140 valence electrons. The summed E-state index contributed by atoms with van der Waals surface area (Å²) < 4.78 is 13.5. The van der Waals surface area contributed by atoms with Gasteiger partial charge in [0.05, 0.1) is 6.04 Å². The van der Waals surface area contributed by atoms with Crippen LogP contribution in [0.1, 0.15) is 28.4 Å². The second kappa shape index (κ2) is 9.66. The van der Waals surface area contributed by atoms with Gasteiger partial charge in [0.15, 0.2) is 0 Å². The fourth-order valence-electron chi connectivity index (χ4n) is 2.94. The molecule has 0 spiro atoms. The van der Waals surface area contributed by atoms with Gasteiger partial charge in [-0.2, -0.15) is 11.3 Å². The molecule has 0 aliphatic carbocycles. The van der Waals surface area contributed by atoms with Gasteiger partial charge in [-0.1, -0.05) is 12.1 Å². The van der Waals surface area contributed by atoms with Crippen LogP contribution >= 0.6 is 23.7 Å². The van der Waals surface area contributed by atoms with Crippen LogP contribution in [0.5, 0.6) is 0 Å². The number of carbonyl (C=O) groups is 2. The summed E-state index contributed by atoms with van der Waals surface area (Å²) in [6.45, 7) is 2.15. The van der Waals surface area contributed by atoms with Crippen molar-refractivity contribution >= 4 is 35.6 Å². The van der Waals surface area contributed by atoms with Crippen LogP contribution in [0.4, 0.5) is 4.39 Å². The molecule has 1 unspecified atom stereocenters. The van der Waals surface area contributed by atoms with Gasteiger partial charge in [0.25, 0.3) is 5.91 Å². The lowest BCUT2D eigenvalue weighted by Crippen LogP contribution is -2.49. The molecule has 2 N–H and O–H groups in total. The highest BCUT2D eigenvalue weighted by atomic mass is 35.5. The van der Waals surface area contributed by atoms with E-state index in [1.807, 2.05) is 11.4 Å². The third kappa shape index (κ3) is 5.03. The normalized spacial score (nSPS) is 16.7. The van der Waals surface area contributed by atoms with Crippen LogP contribution in [0, 0.1) is 5.82 Å². The Balaban J connectivity index is 0.00000243. The summed E-state index contributed by atoms with van der Waals surface area (Å²) in [5, 5.41) is 9.62. The van der Waals surface area contributed by atoms with Crippen molar-refractivity contribution in [3.63, 3.8) is 0 Å². The first-order valence-corrected chi connectivity index (χ1v) is 9.15. The van der Waals surface area contributed by atoms with Gasteiger partial charge in [-0.3, -0.25) is 9.59 Å². The highest BCUT2D eigenvalue weighted by Crippen LogP contribution is 2.23. The molecule has 1 aliphatic heterocycles. The molecule has 1 aromatic carbocycles. The monoisotopic (exact) mass is 397 g/mol. The molecule has 5 nitrogen and oxygen atoms in total. The molecule has 8 heteroatoms. The van der Waals surface area contributed by atoms with Crippen molar-refractivity contribution in [2.45, 2.75) is 12.5 Å². The van der Waals surface area contributed by atoms with Gasteiger partial charge in [0.1, 0.15) is 5.82 Å². The Morgan fingerprint density at radius 3 is 2.92 bits per heavy atom. The van der Waals surface area contributed by atoms with E-state index in [0.29, 0.717) is 25.2 Å². The van der Waals surface area contributed by atoms with Crippen molar-refractivity contribution < 1.29 is 14.0 Å². The number of hydrogen-bond donors (Lipinski definition) is 2. The summed E-state index contributed by atoms with van der Waals surface area (Å²) in [6.07, 6.45) is 0.224. The second-order valence-electron chi connectivity index (χ2n) is 5.88. The van der Waals surface area contributed by atoms with Crippen LogP contribution in [0.2, 0.25) is 0 Å². The summed E-state index contributed by atoms with van der Waals surface area (Å²) in [7, 11) is 0. The SMILES string of the molecule is Cl.O=C(NCCC(=O)N1CCNCC1c1cccc(F)c1)c1ccsc1. The Bertz CT molecular complexity index is 742. The Hall–Kier alpha value is -1.96. The fraction of sp³-hybridized carbons (Fsp3) is 0.333. The number of benzene rings is 1. The van der Waals surface area contributed by atoms with Crippen molar-refractivity contribution in [1.82, 2.24) is 15.5 Å². The first-order chi connectivity index (χ1) is 12.1. The van der Waals surface area contributed by atoms with E-state index < -0.39 is 0 Å². The van der Waals surface area contributed by atoms with Gasteiger partial charge in [0, 0.05) is 43.5 Å². The molecule has 1 aromatic heterocycles. The molecule has 26 heavy (non-hydrogen) atoms. The molecular weight excluding hydrogens is 377 g/mol. The van der Waals surface area contributed by atoms with E-state index in [1.54, 1.807) is 22.4 Å². The fourth-order valence-corrected chi connectivity index (χ4v) is 3.57. The van der Waals surface area contributed by atoms with Crippen molar-refractivity contribution in [1.29, 1.82) is 0 Å². The van der Waals surface area contributed by atoms with E-state index in [0.717, 1.165) is 5.56 Å². The van der Waals surface area contributed by atoms with E-state index in [-0.39, 0.29) is 49.0 Å². The van der Waals surface area contributed by atoms with Crippen molar-refractivity contribution in [3.8, 4) is 0 Å². The molecule has 1 fully saturated rings. The third-order valence-electron chi connectivity index (χ3n) is 4.20. The first-order valence-electron chi connectivity index (χ1n) is 8.21. The number of thiophene rings is 1. The van der Waals surface area contributed by atoms with Crippen molar-refractivity contribution in [3.05, 3.63) is 58.0 Å². The van der Waals surface area contributed by atoms with E-state index in [9.17, 15) is 14.0 Å². The lowest BCUT2D eigenvalue weighted by Gasteiger charge is -2.36. The maximum Gasteiger partial charge on any atom is 0.252 e. The number of rotatable bonds is 5. The number of amides is 2. The van der Waals surface area contributed by atoms with Crippen LogP contribution in [-0.4, -0.2) is 42.9 Å². The molecule has 3 rings (SSSR count). The topological polar surface area (TPSA) is 61.4 Å². The summed E-state index contributed by atoms with van der Waals surface area (Å²) in [5.74, 6) is -0.518. The molecule has 2 heterocycles. The quantitative estimate of drug-likeness (QED) is 0.815. The highest BCUT2D eigenvalue weighted by Gasteiger charge is 2.27. The Kier molecular flexibility index (Phi) is 7.56. The number of hydrogen-bond acceptors (Lipinski definition) is 4. The smallest absolute Gasteiger partial charge is 0.252 e. The summed E-state index contributed by atoms with van der Waals surface area (Å²) in [5.41, 5.74) is 1.39. The van der Waals surface area contributed by atoms with Crippen LogP contribution in [0.15, 0.2) is 41.1 Å². The number of nitrogens with zero attached hydrogens (tertiary/aromatic N) is 1. The average molecular weight is 398 g/mol. The molecule has 2 aromatic rings. The predicted molar refractivity (Wildman–Crippen MR) is 102 cm³/mol. The van der Waals surface area contributed by atoms with E-state index in [1.165, 1.54) is 23.5 Å². The Morgan fingerprint density at radius 1 is 1.35 bits per heavy atom. The first kappa shape index (κ1) is 20.4. The number of nitrogens with one attached hydrogen (secondary N) is 2. The molecule has 1 atom stereocenters. The minimum atomic E-state index is -0.307. The lowest BCUT2D eigenvalue weighted by molar-refractivity contribution is -0.134. The number of halogens is 2. The van der Waals surface area contributed by atoms with Gasteiger partial charge in [-0.05, 0) is 29.1 Å². The zero-order chi connectivity index (χ0) is 17.6. The Labute approximate surface area is 162 Å². The van der Waals surface area contributed by atoms with Crippen LogP contribution in [0.3, 0.4) is 0 Å². The standard InChI is InChI=1S/C18H20FN3O2S.ClH/c19-15-3-1-2-13(10-15)16-11-20-7-8-22(16)17(23)4-6-21-18(24)14-5-9-25-12-14;/h1-3,5,9-10,12,16,20H,4,6-8,11H2,(H,21,24);1H. The average Bonchev–Trinajstić information content (AvgIpc) is 3.16. The van der Waals surface area contributed by atoms with Crippen LogP contribution in [-0.2, 0) is 4.79 Å². The molecule has 0 radical (unpaired) electrons. The van der Waals surface area contributed by atoms with E-state index >= 15 is 0 Å². The predicted octanol–water partition coefficient (Wildman–Crippen LogP) is 2.60. The van der Waals surface area contributed by atoms with Gasteiger partial charge in [-0.25, -0.2) is 4.39 Å². The van der Waals surface area contributed by atoms with E-state index in [2.05, 4.69) is 10.6 Å². The zero-order valence-corrected chi connectivity index (χ0v) is 15.7. The highest BCUT2D eigenvalue weighted by molar-refractivity contribution is 7.08. The minimum Gasteiger partial charge on any atom is -0.351 e. The largest absolute Gasteiger partial charge is 0.351 e. The maximum atomic E-state index is 13.5. The van der Waals surface area contributed by atoms with Gasteiger partial charge >= 0.3 is 0 Å². The van der Waals surface area contributed by atoms with Crippen LogP contribution in [0.25, 0.3) is 0 Å². The summed E-state index contributed by atoms with van der Waals surface area (Å²) in [4.78, 5) is 26.3. The van der Waals surface area contributed by atoms with E-state index in [4.69, 9.17) is 0 Å². The zero-order valence-electron chi connectivity index (χ0n) is 14.1. The molecule has 1 aliphatic rings. The van der Waals surface area contributed by atoms with Gasteiger partial charge in [-0.15, -0.1) is 12.4 Å². The number of piperazine rings is 1. The van der Waals surface area contributed by atoms with Crippen LogP contribution < -0.4 is 10.6 Å². The summed E-state index contributed by atoms with van der Waals surface area (Å²) >= 11 is 1.46. The van der Waals surface area contributed by atoms with Gasteiger partial charge < -0.3 is 15.5 Å². The summed E-state index contributed by atoms with van der Waals surface area (Å²) in [6, 6.07) is 7.91. The lowest BCUT2D eigenvalue weighted by atomic mass is 10.0. The third-order valence-corrected chi connectivity index (χ3v) is 4.89. The molecule has 1 saturated heterocycles. The Morgan fingerprint density at radius 2 is 2.19 bits per heavy atom. The second-order valence-corrected chi connectivity index (χ2v) is 6.66. The molecule has 0 saturated carbocycles. The van der Waals surface area contributed by atoms with Crippen molar-refractivity contribution in [2.24, 2.45) is 0 Å². The maximum absolute atomic E-state index is 13.5. The van der Waals surface area contributed by atoms with Crippen molar-refractivity contribution in [2.75, 3.05) is 26.2 Å².